The van der Waals surface area contributed by atoms with Crippen LogP contribution in [-0.2, 0) is 11.2 Å². The SMILES string of the molecule is COCCc1ccccc1Nc1cccc(N)c1. The molecule has 0 aliphatic rings. The number of rotatable bonds is 5. The zero-order valence-corrected chi connectivity index (χ0v) is 10.5. The highest BCUT2D eigenvalue weighted by atomic mass is 16.5. The summed E-state index contributed by atoms with van der Waals surface area (Å²) < 4.78 is 5.12. The summed E-state index contributed by atoms with van der Waals surface area (Å²) >= 11 is 0. The van der Waals surface area contributed by atoms with Crippen LogP contribution in [0.3, 0.4) is 0 Å². The lowest BCUT2D eigenvalue weighted by Crippen LogP contribution is -2.00. The number of nitrogens with one attached hydrogen (secondary N) is 1. The number of hydrogen-bond donors (Lipinski definition) is 2. The minimum atomic E-state index is 0.718. The first-order chi connectivity index (χ1) is 8.79. The maximum absolute atomic E-state index is 5.77. The van der Waals surface area contributed by atoms with Gasteiger partial charge in [-0.3, -0.25) is 0 Å². The average Bonchev–Trinajstić information content (AvgIpc) is 2.38. The van der Waals surface area contributed by atoms with Crippen molar-refractivity contribution in [1.82, 2.24) is 0 Å². The van der Waals surface area contributed by atoms with Gasteiger partial charge in [-0.25, -0.2) is 0 Å². The Morgan fingerprint density at radius 1 is 1.11 bits per heavy atom. The van der Waals surface area contributed by atoms with Crippen molar-refractivity contribution in [3.05, 3.63) is 54.1 Å². The van der Waals surface area contributed by atoms with Crippen LogP contribution < -0.4 is 11.1 Å². The van der Waals surface area contributed by atoms with E-state index in [-0.39, 0.29) is 0 Å². The van der Waals surface area contributed by atoms with E-state index >= 15 is 0 Å². The number of hydrogen-bond acceptors (Lipinski definition) is 3. The van der Waals surface area contributed by atoms with E-state index < -0.39 is 0 Å². The van der Waals surface area contributed by atoms with Crippen molar-refractivity contribution in [2.75, 3.05) is 24.8 Å². The van der Waals surface area contributed by atoms with Gasteiger partial charge in [0.15, 0.2) is 0 Å². The second-order valence-corrected chi connectivity index (χ2v) is 4.15. The molecule has 0 aliphatic heterocycles. The van der Waals surface area contributed by atoms with Gasteiger partial charge in [0.25, 0.3) is 0 Å². The fraction of sp³-hybridized carbons (Fsp3) is 0.200. The van der Waals surface area contributed by atoms with E-state index in [1.807, 2.05) is 36.4 Å². The van der Waals surface area contributed by atoms with Gasteiger partial charge in [0, 0.05) is 24.2 Å². The smallest absolute Gasteiger partial charge is 0.0503 e. The van der Waals surface area contributed by atoms with Gasteiger partial charge in [0.05, 0.1) is 6.61 Å². The van der Waals surface area contributed by atoms with Crippen molar-refractivity contribution < 1.29 is 4.74 Å². The monoisotopic (exact) mass is 242 g/mol. The molecule has 0 aromatic heterocycles. The summed E-state index contributed by atoms with van der Waals surface area (Å²) in [6, 6.07) is 16.0. The highest BCUT2D eigenvalue weighted by molar-refractivity contribution is 5.66. The highest BCUT2D eigenvalue weighted by Gasteiger charge is 2.02. The summed E-state index contributed by atoms with van der Waals surface area (Å²) in [6.07, 6.45) is 0.891. The van der Waals surface area contributed by atoms with Gasteiger partial charge in [0.1, 0.15) is 0 Å². The van der Waals surface area contributed by atoms with Gasteiger partial charge in [-0.15, -0.1) is 0 Å². The van der Waals surface area contributed by atoms with Crippen LogP contribution in [-0.4, -0.2) is 13.7 Å². The molecular weight excluding hydrogens is 224 g/mol. The molecule has 2 aromatic rings. The van der Waals surface area contributed by atoms with Crippen molar-refractivity contribution in [1.29, 1.82) is 0 Å². The summed E-state index contributed by atoms with van der Waals surface area (Å²) in [6.45, 7) is 0.718. The van der Waals surface area contributed by atoms with Crippen LogP contribution in [0, 0.1) is 0 Å². The average molecular weight is 242 g/mol. The molecule has 3 N–H and O–H groups in total. The minimum absolute atomic E-state index is 0.718. The number of ether oxygens (including phenoxy) is 1. The largest absolute Gasteiger partial charge is 0.399 e. The Kier molecular flexibility index (Phi) is 4.20. The first-order valence-corrected chi connectivity index (χ1v) is 5.99. The summed E-state index contributed by atoms with van der Waals surface area (Å²) in [5, 5.41) is 3.39. The maximum Gasteiger partial charge on any atom is 0.0503 e. The second-order valence-electron chi connectivity index (χ2n) is 4.15. The molecule has 0 radical (unpaired) electrons. The molecule has 0 saturated heterocycles. The standard InChI is InChI=1S/C15H18N2O/c1-18-10-9-12-5-2-3-8-15(12)17-14-7-4-6-13(16)11-14/h2-8,11,17H,9-10,16H2,1H3. The Labute approximate surface area is 108 Å². The molecule has 2 aromatic carbocycles. The Bertz CT molecular complexity index is 511. The van der Waals surface area contributed by atoms with Gasteiger partial charge in [-0.1, -0.05) is 24.3 Å². The lowest BCUT2D eigenvalue weighted by atomic mass is 10.1. The van der Waals surface area contributed by atoms with E-state index in [4.69, 9.17) is 10.5 Å². The third-order valence-electron chi connectivity index (χ3n) is 2.76. The number of anilines is 3. The van der Waals surface area contributed by atoms with Crippen LogP contribution in [0.1, 0.15) is 5.56 Å². The predicted octanol–water partition coefficient (Wildman–Crippen LogP) is 3.20. The fourth-order valence-electron chi connectivity index (χ4n) is 1.84. The van der Waals surface area contributed by atoms with E-state index in [1.54, 1.807) is 7.11 Å². The van der Waals surface area contributed by atoms with Crippen molar-refractivity contribution in [2.24, 2.45) is 0 Å². The molecule has 0 fully saturated rings. The molecule has 0 amide bonds. The second kappa shape index (κ2) is 6.07. The Hall–Kier alpha value is -2.00. The minimum Gasteiger partial charge on any atom is -0.399 e. The maximum atomic E-state index is 5.77. The number of nitrogen functional groups attached to an aromatic ring is 1. The van der Waals surface area contributed by atoms with Gasteiger partial charge in [0.2, 0.25) is 0 Å². The van der Waals surface area contributed by atoms with Gasteiger partial charge in [-0.05, 0) is 36.2 Å². The van der Waals surface area contributed by atoms with E-state index in [9.17, 15) is 0 Å². The molecule has 0 heterocycles. The van der Waals surface area contributed by atoms with Gasteiger partial charge in [-0.2, -0.15) is 0 Å². The molecule has 0 atom stereocenters. The van der Waals surface area contributed by atoms with E-state index in [0.717, 1.165) is 30.1 Å². The molecule has 3 nitrogen and oxygen atoms in total. The first-order valence-electron chi connectivity index (χ1n) is 5.99. The van der Waals surface area contributed by atoms with Gasteiger partial charge >= 0.3 is 0 Å². The Balaban J connectivity index is 2.17. The number of para-hydroxylation sites is 1. The van der Waals surface area contributed by atoms with Crippen LogP contribution in [0.2, 0.25) is 0 Å². The molecule has 0 unspecified atom stereocenters. The summed E-state index contributed by atoms with van der Waals surface area (Å²) in [7, 11) is 1.72. The zero-order valence-electron chi connectivity index (χ0n) is 10.5. The normalized spacial score (nSPS) is 10.3. The summed E-state index contributed by atoms with van der Waals surface area (Å²) in [4.78, 5) is 0. The van der Waals surface area contributed by atoms with Crippen molar-refractivity contribution in [3.63, 3.8) is 0 Å². The lowest BCUT2D eigenvalue weighted by Gasteiger charge is -2.12. The van der Waals surface area contributed by atoms with Crippen LogP contribution >= 0.6 is 0 Å². The molecule has 0 saturated carbocycles. The van der Waals surface area contributed by atoms with Crippen LogP contribution in [0.4, 0.5) is 17.1 Å². The molecule has 3 heteroatoms. The number of benzene rings is 2. The number of methoxy groups -OCH3 is 1. The third-order valence-corrected chi connectivity index (χ3v) is 2.76. The molecule has 0 spiro atoms. The Morgan fingerprint density at radius 3 is 2.72 bits per heavy atom. The van der Waals surface area contributed by atoms with E-state index in [2.05, 4.69) is 17.4 Å². The molecule has 0 aliphatic carbocycles. The van der Waals surface area contributed by atoms with Crippen LogP contribution in [0.25, 0.3) is 0 Å². The lowest BCUT2D eigenvalue weighted by molar-refractivity contribution is 0.202. The molecule has 94 valence electrons. The van der Waals surface area contributed by atoms with Crippen molar-refractivity contribution in [3.8, 4) is 0 Å². The Morgan fingerprint density at radius 2 is 1.94 bits per heavy atom. The molecule has 18 heavy (non-hydrogen) atoms. The first kappa shape index (κ1) is 12.5. The molecule has 0 bridgehead atoms. The quantitative estimate of drug-likeness (QED) is 0.791. The van der Waals surface area contributed by atoms with Gasteiger partial charge < -0.3 is 15.8 Å². The van der Waals surface area contributed by atoms with Crippen molar-refractivity contribution >= 4 is 17.1 Å². The van der Waals surface area contributed by atoms with E-state index in [1.165, 1.54) is 5.56 Å². The van der Waals surface area contributed by atoms with Crippen LogP contribution in [0.5, 0.6) is 0 Å². The fourth-order valence-corrected chi connectivity index (χ4v) is 1.84. The predicted molar refractivity (Wildman–Crippen MR) is 76.2 cm³/mol. The molecular formula is C15H18N2O. The summed E-state index contributed by atoms with van der Waals surface area (Å²) in [5.41, 5.74) is 9.86. The zero-order chi connectivity index (χ0) is 12.8. The molecule has 2 rings (SSSR count). The highest BCUT2D eigenvalue weighted by Crippen LogP contribution is 2.22. The van der Waals surface area contributed by atoms with Crippen molar-refractivity contribution in [2.45, 2.75) is 6.42 Å². The summed E-state index contributed by atoms with van der Waals surface area (Å²) in [5.74, 6) is 0. The third kappa shape index (κ3) is 3.25. The van der Waals surface area contributed by atoms with Crippen LogP contribution in [0.15, 0.2) is 48.5 Å². The topological polar surface area (TPSA) is 47.3 Å². The van der Waals surface area contributed by atoms with E-state index in [0.29, 0.717) is 0 Å². The number of nitrogens with two attached hydrogens (primary N) is 1.